The highest BCUT2D eigenvalue weighted by Gasteiger charge is 2.62. The fourth-order valence-corrected chi connectivity index (χ4v) is 6.57. The van der Waals surface area contributed by atoms with Crippen molar-refractivity contribution in [1.29, 1.82) is 0 Å². The van der Waals surface area contributed by atoms with Crippen molar-refractivity contribution in [2.45, 2.75) is 24.3 Å². The zero-order chi connectivity index (χ0) is 23.4. The molecule has 0 radical (unpaired) electrons. The summed E-state index contributed by atoms with van der Waals surface area (Å²) in [6.45, 7) is 0. The zero-order valence-electron chi connectivity index (χ0n) is 18.2. The van der Waals surface area contributed by atoms with E-state index < -0.39 is 11.5 Å². The summed E-state index contributed by atoms with van der Waals surface area (Å²) in [7, 11) is 0. The van der Waals surface area contributed by atoms with Crippen molar-refractivity contribution in [3.05, 3.63) is 100 Å². The van der Waals surface area contributed by atoms with Gasteiger partial charge < -0.3 is 10.6 Å². The van der Waals surface area contributed by atoms with Crippen LogP contribution in [0.25, 0.3) is 10.8 Å². The summed E-state index contributed by atoms with van der Waals surface area (Å²) in [6.07, 6.45) is 6.71. The summed E-state index contributed by atoms with van der Waals surface area (Å²) in [5.74, 6) is -0.533. The zero-order valence-corrected chi connectivity index (χ0v) is 19.7. The summed E-state index contributed by atoms with van der Waals surface area (Å²) in [5, 5.41) is 9.67. The highest BCUT2D eigenvalue weighted by molar-refractivity contribution is 6.31. The fraction of sp³-hybridized carbons (Fsp3) is 0.214. The first kappa shape index (κ1) is 21.5. The third-order valence-corrected chi connectivity index (χ3v) is 8.03. The number of hydrogen-bond acceptors (Lipinski definition) is 2. The minimum Gasteiger partial charge on any atom is -0.348 e. The number of amides is 2. The van der Waals surface area contributed by atoms with Crippen molar-refractivity contribution in [3.8, 4) is 0 Å². The van der Waals surface area contributed by atoms with Gasteiger partial charge in [0.15, 0.2) is 0 Å². The Bertz CT molecular complexity index is 1410. The standard InChI is InChI=1S/C28H22Cl2N2O2/c29-18-8-3-7-17(13-18)23-15-25(33)32-26(21-10-4-6-16-5-1-2-9-20(16)21)28(23)22-12-11-19(30)14-24(22)31-27(28)34/h1-12,14,17,23,26H,13,15H2,(H,31,34)(H,32,33)/t17?,23-,26-,28-/m0/s1. The number of anilines is 1. The molecule has 0 bridgehead atoms. The Morgan fingerprint density at radius 3 is 2.62 bits per heavy atom. The smallest absolute Gasteiger partial charge is 0.237 e. The van der Waals surface area contributed by atoms with E-state index in [4.69, 9.17) is 23.2 Å². The number of hydrogen-bond donors (Lipinski definition) is 2. The van der Waals surface area contributed by atoms with Crippen molar-refractivity contribution < 1.29 is 9.59 Å². The molecule has 0 saturated carbocycles. The molecule has 2 heterocycles. The number of halogens is 2. The maximum atomic E-state index is 14.1. The first-order valence-electron chi connectivity index (χ1n) is 11.4. The molecule has 3 aromatic carbocycles. The molecular weight excluding hydrogens is 467 g/mol. The lowest BCUT2D eigenvalue weighted by molar-refractivity contribution is -0.135. The lowest BCUT2D eigenvalue weighted by Gasteiger charge is -2.49. The minimum absolute atomic E-state index is 0.0617. The Morgan fingerprint density at radius 1 is 0.941 bits per heavy atom. The maximum Gasteiger partial charge on any atom is 0.237 e. The normalized spacial score (nSPS) is 27.9. The second-order valence-corrected chi connectivity index (χ2v) is 10.2. The van der Waals surface area contributed by atoms with E-state index in [0.717, 1.165) is 26.9 Å². The first-order valence-corrected chi connectivity index (χ1v) is 12.2. The van der Waals surface area contributed by atoms with E-state index in [1.807, 2.05) is 66.7 Å². The quantitative estimate of drug-likeness (QED) is 0.447. The number of piperidine rings is 1. The average molecular weight is 489 g/mol. The van der Waals surface area contributed by atoms with Crippen LogP contribution in [0, 0.1) is 11.8 Å². The molecule has 170 valence electrons. The molecule has 0 aromatic heterocycles. The molecule has 34 heavy (non-hydrogen) atoms. The number of carbonyl (C=O) groups excluding carboxylic acids is 2. The predicted octanol–water partition coefficient (Wildman–Crippen LogP) is 6.26. The van der Waals surface area contributed by atoms with Crippen LogP contribution >= 0.6 is 23.2 Å². The third kappa shape index (κ3) is 3.13. The van der Waals surface area contributed by atoms with E-state index in [-0.39, 0.29) is 30.1 Å². The Hall–Kier alpha value is -3.08. The van der Waals surface area contributed by atoms with Gasteiger partial charge >= 0.3 is 0 Å². The number of carbonyl (C=O) groups is 2. The third-order valence-electron chi connectivity index (χ3n) is 7.52. The van der Waals surface area contributed by atoms with Gasteiger partial charge in [-0.1, -0.05) is 83.9 Å². The summed E-state index contributed by atoms with van der Waals surface area (Å²) in [5.41, 5.74) is 1.48. The lowest BCUT2D eigenvalue weighted by Crippen LogP contribution is -2.59. The van der Waals surface area contributed by atoms with Gasteiger partial charge in [0.25, 0.3) is 0 Å². The van der Waals surface area contributed by atoms with E-state index in [1.165, 1.54) is 0 Å². The molecule has 3 aliphatic rings. The van der Waals surface area contributed by atoms with E-state index in [9.17, 15) is 9.59 Å². The van der Waals surface area contributed by atoms with E-state index in [2.05, 4.69) is 16.7 Å². The van der Waals surface area contributed by atoms with Crippen LogP contribution in [0.1, 0.15) is 30.0 Å². The fourth-order valence-electron chi connectivity index (χ4n) is 6.15. The molecule has 4 atom stereocenters. The molecule has 1 saturated heterocycles. The van der Waals surface area contributed by atoms with Gasteiger partial charge in [0.2, 0.25) is 11.8 Å². The van der Waals surface area contributed by atoms with Crippen LogP contribution in [0.3, 0.4) is 0 Å². The molecule has 1 unspecified atom stereocenters. The number of fused-ring (bicyclic) bond motifs is 3. The molecule has 2 amide bonds. The van der Waals surface area contributed by atoms with Crippen LogP contribution in [-0.2, 0) is 15.0 Å². The maximum absolute atomic E-state index is 14.1. The molecule has 1 aliphatic carbocycles. The summed E-state index contributed by atoms with van der Waals surface area (Å²) >= 11 is 12.7. The van der Waals surface area contributed by atoms with Crippen LogP contribution in [0.15, 0.2) is 83.9 Å². The molecule has 2 aliphatic heterocycles. The molecule has 3 aromatic rings. The average Bonchev–Trinajstić information content (AvgIpc) is 3.11. The lowest BCUT2D eigenvalue weighted by atomic mass is 9.56. The van der Waals surface area contributed by atoms with Crippen LogP contribution < -0.4 is 10.6 Å². The summed E-state index contributed by atoms with van der Waals surface area (Å²) < 4.78 is 0. The molecule has 1 spiro atoms. The number of allylic oxidation sites excluding steroid dienone is 4. The monoisotopic (exact) mass is 488 g/mol. The first-order chi connectivity index (χ1) is 16.5. The van der Waals surface area contributed by atoms with Gasteiger partial charge in [-0.3, -0.25) is 9.59 Å². The second-order valence-electron chi connectivity index (χ2n) is 9.26. The Morgan fingerprint density at radius 2 is 1.76 bits per heavy atom. The van der Waals surface area contributed by atoms with Crippen molar-refractivity contribution in [1.82, 2.24) is 5.32 Å². The number of nitrogens with one attached hydrogen (secondary N) is 2. The van der Waals surface area contributed by atoms with E-state index in [1.54, 1.807) is 6.07 Å². The molecule has 6 rings (SSSR count). The number of benzene rings is 3. The second kappa shape index (κ2) is 8.00. The van der Waals surface area contributed by atoms with Crippen molar-refractivity contribution in [3.63, 3.8) is 0 Å². The van der Waals surface area contributed by atoms with E-state index >= 15 is 0 Å². The molecule has 6 heteroatoms. The van der Waals surface area contributed by atoms with Crippen LogP contribution in [-0.4, -0.2) is 11.8 Å². The van der Waals surface area contributed by atoms with Crippen LogP contribution in [0.4, 0.5) is 5.69 Å². The predicted molar refractivity (Wildman–Crippen MR) is 136 cm³/mol. The van der Waals surface area contributed by atoms with Crippen LogP contribution in [0.5, 0.6) is 0 Å². The topological polar surface area (TPSA) is 58.2 Å². The highest BCUT2D eigenvalue weighted by Crippen LogP contribution is 2.57. The molecule has 2 N–H and O–H groups in total. The van der Waals surface area contributed by atoms with Crippen molar-refractivity contribution in [2.24, 2.45) is 11.8 Å². The molecule has 1 fully saturated rings. The Kier molecular flexibility index (Phi) is 5.05. The SMILES string of the molecule is O=C1C[C@@H](C2C=CC=C(Cl)C2)[C@]2(C(=O)Nc3cc(Cl)ccc32)[C@H](c2cccc3ccccc23)N1. The van der Waals surface area contributed by atoms with Gasteiger partial charge in [-0.15, -0.1) is 0 Å². The van der Waals surface area contributed by atoms with Gasteiger partial charge in [-0.05, 0) is 58.4 Å². The Balaban J connectivity index is 1.63. The van der Waals surface area contributed by atoms with Crippen molar-refractivity contribution in [2.75, 3.05) is 5.32 Å². The van der Waals surface area contributed by atoms with Gasteiger partial charge in [-0.25, -0.2) is 0 Å². The summed E-state index contributed by atoms with van der Waals surface area (Å²) in [6, 6.07) is 19.1. The highest BCUT2D eigenvalue weighted by atomic mass is 35.5. The Labute approximate surface area is 207 Å². The van der Waals surface area contributed by atoms with Gasteiger partial charge in [0.05, 0.1) is 6.04 Å². The minimum atomic E-state index is -1.01. The molecule has 4 nitrogen and oxygen atoms in total. The van der Waals surface area contributed by atoms with Crippen molar-refractivity contribution >= 4 is 51.5 Å². The largest absolute Gasteiger partial charge is 0.348 e. The van der Waals surface area contributed by atoms with Gasteiger partial charge in [0, 0.05) is 22.2 Å². The van der Waals surface area contributed by atoms with E-state index in [0.29, 0.717) is 17.1 Å². The number of rotatable bonds is 2. The summed E-state index contributed by atoms with van der Waals surface area (Å²) in [4.78, 5) is 27.3. The molecular formula is C28H22Cl2N2O2. The van der Waals surface area contributed by atoms with Gasteiger partial charge in [-0.2, -0.15) is 0 Å². The van der Waals surface area contributed by atoms with Gasteiger partial charge in [0.1, 0.15) is 5.41 Å². The van der Waals surface area contributed by atoms with Crippen LogP contribution in [0.2, 0.25) is 5.02 Å².